The van der Waals surface area contributed by atoms with Crippen molar-refractivity contribution in [3.63, 3.8) is 0 Å². The van der Waals surface area contributed by atoms with Crippen LogP contribution in [-0.4, -0.2) is 18.2 Å². The van der Waals surface area contributed by atoms with Crippen LogP contribution in [0.4, 0.5) is 0 Å². The van der Waals surface area contributed by atoms with Crippen LogP contribution < -0.4 is 9.47 Å². The average molecular weight is 683 g/mol. The molecular formula is C34H36IrNO2-. The van der Waals surface area contributed by atoms with E-state index >= 15 is 0 Å². The predicted molar refractivity (Wildman–Crippen MR) is 150 cm³/mol. The Morgan fingerprint density at radius 3 is 1.79 bits per heavy atom. The second-order valence-corrected chi connectivity index (χ2v) is 10.3. The molecule has 3 nitrogen and oxygen atoms in total. The van der Waals surface area contributed by atoms with Crippen LogP contribution in [0.2, 0.25) is 0 Å². The molecule has 0 amide bonds. The Morgan fingerprint density at radius 2 is 1.26 bits per heavy atom. The van der Waals surface area contributed by atoms with Gasteiger partial charge in [-0.3, -0.25) is 0 Å². The average Bonchev–Trinajstić information content (AvgIpc) is 3.26. The summed E-state index contributed by atoms with van der Waals surface area (Å²) in [5.74, 6) is 2.86. The number of ether oxygens (including phenoxy) is 2. The second kappa shape index (κ2) is 12.3. The maximum absolute atomic E-state index is 6.09. The molecule has 1 heterocycles. The first-order valence-corrected chi connectivity index (χ1v) is 13.5. The van der Waals surface area contributed by atoms with Gasteiger partial charge in [0.1, 0.15) is 11.5 Å². The van der Waals surface area contributed by atoms with Crippen LogP contribution in [-0.2, 0) is 25.5 Å². The Bertz CT molecular complexity index is 1230. The zero-order valence-corrected chi connectivity index (χ0v) is 25.1. The van der Waals surface area contributed by atoms with Crippen molar-refractivity contribution < 1.29 is 29.6 Å². The van der Waals surface area contributed by atoms with Gasteiger partial charge in [-0.2, -0.15) is 0 Å². The molecule has 1 radical (unpaired) electrons. The Morgan fingerprint density at radius 1 is 0.737 bits per heavy atom. The van der Waals surface area contributed by atoms with E-state index in [1.807, 2.05) is 18.3 Å². The molecule has 0 N–H and O–H groups in total. The van der Waals surface area contributed by atoms with Crippen LogP contribution in [0.1, 0.15) is 62.8 Å². The van der Waals surface area contributed by atoms with Crippen LogP contribution in [0, 0.1) is 17.9 Å². The Balaban J connectivity index is 0.00000336. The van der Waals surface area contributed by atoms with Crippen molar-refractivity contribution >= 4 is 0 Å². The molecule has 0 aliphatic heterocycles. The summed E-state index contributed by atoms with van der Waals surface area (Å²) < 4.78 is 12.2. The summed E-state index contributed by atoms with van der Waals surface area (Å²) in [4.78, 5) is 4.82. The molecule has 0 saturated carbocycles. The van der Waals surface area contributed by atoms with Crippen molar-refractivity contribution in [2.75, 3.05) is 13.2 Å². The zero-order chi connectivity index (χ0) is 25.8. The molecule has 0 saturated heterocycles. The van der Waals surface area contributed by atoms with Crippen molar-refractivity contribution in [1.82, 2.24) is 4.98 Å². The van der Waals surface area contributed by atoms with Gasteiger partial charge in [-0.05, 0) is 59.0 Å². The van der Waals surface area contributed by atoms with Crippen LogP contribution in [0.3, 0.4) is 0 Å². The van der Waals surface area contributed by atoms with Crippen LogP contribution in [0.25, 0.3) is 11.3 Å². The number of rotatable bonds is 10. The molecule has 5 rings (SSSR count). The first-order chi connectivity index (χ1) is 18.1. The summed E-state index contributed by atoms with van der Waals surface area (Å²) in [6.07, 6.45) is 4.09. The number of fused-ring (bicyclic) bond motifs is 3. The molecule has 3 aromatic carbocycles. The van der Waals surface area contributed by atoms with Crippen LogP contribution >= 0.6 is 0 Å². The van der Waals surface area contributed by atoms with E-state index in [-0.39, 0.29) is 20.1 Å². The summed E-state index contributed by atoms with van der Waals surface area (Å²) in [5, 5.41) is 0. The molecule has 1 aliphatic rings. The molecule has 2 atom stereocenters. The van der Waals surface area contributed by atoms with Crippen molar-refractivity contribution in [1.29, 1.82) is 0 Å². The van der Waals surface area contributed by atoms with Gasteiger partial charge in [-0.25, -0.2) is 0 Å². The fourth-order valence-electron chi connectivity index (χ4n) is 5.10. The van der Waals surface area contributed by atoms with Gasteiger partial charge in [0.2, 0.25) is 0 Å². The van der Waals surface area contributed by atoms with Crippen molar-refractivity contribution in [3.8, 4) is 22.8 Å². The van der Waals surface area contributed by atoms with Gasteiger partial charge in [-0.15, -0.1) is 35.4 Å². The Hall–Kier alpha value is -2.94. The molecule has 1 aromatic heterocycles. The van der Waals surface area contributed by atoms with E-state index in [1.54, 1.807) is 0 Å². The molecule has 199 valence electrons. The maximum atomic E-state index is 6.09. The maximum Gasteiger partial charge on any atom is 0.119 e. The largest absolute Gasteiger partial charge is 0.493 e. The van der Waals surface area contributed by atoms with Crippen molar-refractivity contribution in [2.24, 2.45) is 11.8 Å². The smallest absolute Gasteiger partial charge is 0.119 e. The van der Waals surface area contributed by atoms with Crippen LogP contribution in [0.5, 0.6) is 11.5 Å². The number of aromatic nitrogens is 1. The summed E-state index contributed by atoms with van der Waals surface area (Å²) in [5.41, 5.74) is 6.30. The molecule has 0 bridgehead atoms. The van der Waals surface area contributed by atoms with Crippen LogP contribution in [0.15, 0.2) is 85.1 Å². The molecule has 4 heteroatoms. The molecule has 1 aliphatic carbocycles. The van der Waals surface area contributed by atoms with Gasteiger partial charge >= 0.3 is 0 Å². The Labute approximate surface area is 241 Å². The standard InChI is InChI=1S/C34H36NO2.Ir/c1-5-24(3)22-36-28-17-13-26(14-18-28)34(27-15-19-29(20-16-27)37-23-25(4)6-2)31-11-8-7-10-30(31)33-32(34)12-9-21-35-33;/h7-9,11-21,24-25H,5-6,22-23H2,1-4H3;/q-1;. The van der Waals surface area contributed by atoms with E-state index in [4.69, 9.17) is 14.5 Å². The molecule has 2 unspecified atom stereocenters. The normalized spacial score (nSPS) is 17.1. The molecule has 0 spiro atoms. The first kappa shape index (κ1) is 28.1. The van der Waals surface area contributed by atoms with E-state index < -0.39 is 5.41 Å². The molecule has 38 heavy (non-hydrogen) atoms. The number of pyridine rings is 1. The van der Waals surface area contributed by atoms with Gasteiger partial charge in [0.25, 0.3) is 0 Å². The summed E-state index contributed by atoms with van der Waals surface area (Å²) in [6.45, 7) is 10.3. The number of hydrogen-bond donors (Lipinski definition) is 0. The van der Waals surface area contributed by atoms with E-state index in [0.29, 0.717) is 11.8 Å². The number of nitrogens with zero attached hydrogens (tertiary/aromatic N) is 1. The zero-order valence-electron chi connectivity index (χ0n) is 22.7. The molecule has 0 fully saturated rings. The fraction of sp³-hybridized carbons (Fsp3) is 0.324. The van der Waals surface area contributed by atoms with Gasteiger partial charge in [0, 0.05) is 31.7 Å². The fourth-order valence-corrected chi connectivity index (χ4v) is 5.10. The molecular weight excluding hydrogens is 647 g/mol. The van der Waals surface area contributed by atoms with Gasteiger partial charge in [0.15, 0.2) is 0 Å². The number of benzene rings is 3. The van der Waals surface area contributed by atoms with Gasteiger partial charge < -0.3 is 14.5 Å². The topological polar surface area (TPSA) is 31.4 Å². The van der Waals surface area contributed by atoms with Crippen molar-refractivity contribution in [2.45, 2.75) is 46.0 Å². The van der Waals surface area contributed by atoms with Gasteiger partial charge in [-0.1, -0.05) is 76.4 Å². The summed E-state index contributed by atoms with van der Waals surface area (Å²) >= 11 is 0. The quantitative estimate of drug-likeness (QED) is 0.140. The monoisotopic (exact) mass is 683 g/mol. The van der Waals surface area contributed by atoms with E-state index in [9.17, 15) is 0 Å². The summed E-state index contributed by atoms with van der Waals surface area (Å²) in [7, 11) is 0. The van der Waals surface area contributed by atoms with Crippen molar-refractivity contribution in [3.05, 3.63) is 113 Å². The number of hydrogen-bond acceptors (Lipinski definition) is 3. The minimum atomic E-state index is -0.499. The van der Waals surface area contributed by atoms with Gasteiger partial charge in [0.05, 0.1) is 13.2 Å². The SMILES string of the molecule is CCC(C)COc1ccc(C2(c3ccc(OCC(C)CC)cc3)c3ccc[c-]c3-c3ncccc32)cc1.[Ir]. The molecule has 4 aromatic rings. The Kier molecular flexibility index (Phi) is 9.07. The van der Waals surface area contributed by atoms with E-state index in [1.165, 1.54) is 22.3 Å². The first-order valence-electron chi connectivity index (χ1n) is 13.5. The third-order valence-electron chi connectivity index (χ3n) is 7.75. The third kappa shape index (κ3) is 5.17. The summed E-state index contributed by atoms with van der Waals surface area (Å²) in [6, 6.07) is 31.2. The van der Waals surface area contributed by atoms with E-state index in [0.717, 1.165) is 48.8 Å². The van der Waals surface area contributed by atoms with E-state index in [2.05, 4.69) is 100 Å². The minimum Gasteiger partial charge on any atom is -0.493 e. The third-order valence-corrected chi connectivity index (χ3v) is 7.75. The minimum absolute atomic E-state index is 0. The second-order valence-electron chi connectivity index (χ2n) is 10.3. The predicted octanol–water partition coefficient (Wildman–Crippen LogP) is 8.09.